The minimum absolute atomic E-state index is 0.152. The number of carbonyl (C=O) groups is 1. The SMILES string of the molecule is COc1ccc(CCC(=O)Nc2ccccc2SC(F)F)c(OC)c1OC. The van der Waals surface area contributed by atoms with Gasteiger partial charge in [0.05, 0.1) is 27.0 Å². The van der Waals surface area contributed by atoms with Crippen molar-refractivity contribution < 1.29 is 27.8 Å². The summed E-state index contributed by atoms with van der Waals surface area (Å²) >= 11 is 0.398. The Kier molecular flexibility index (Phi) is 7.72. The summed E-state index contributed by atoms with van der Waals surface area (Å²) in [7, 11) is 4.55. The third-order valence-corrected chi connectivity index (χ3v) is 4.57. The molecule has 8 heteroatoms. The molecule has 0 aliphatic rings. The minimum Gasteiger partial charge on any atom is -0.493 e. The molecule has 1 amide bonds. The highest BCUT2D eigenvalue weighted by molar-refractivity contribution is 7.99. The van der Waals surface area contributed by atoms with Crippen molar-refractivity contribution in [3.05, 3.63) is 42.0 Å². The van der Waals surface area contributed by atoms with Crippen LogP contribution >= 0.6 is 11.8 Å². The van der Waals surface area contributed by atoms with Crippen LogP contribution < -0.4 is 19.5 Å². The van der Waals surface area contributed by atoms with Crippen molar-refractivity contribution in [1.82, 2.24) is 0 Å². The monoisotopic (exact) mass is 397 g/mol. The highest BCUT2D eigenvalue weighted by Gasteiger charge is 2.17. The number of anilines is 1. The van der Waals surface area contributed by atoms with Crippen LogP contribution in [0, 0.1) is 0 Å². The van der Waals surface area contributed by atoms with Crippen LogP contribution in [0.2, 0.25) is 0 Å². The van der Waals surface area contributed by atoms with E-state index in [1.54, 1.807) is 36.4 Å². The molecular weight excluding hydrogens is 376 g/mol. The molecule has 0 aromatic heterocycles. The topological polar surface area (TPSA) is 56.8 Å². The summed E-state index contributed by atoms with van der Waals surface area (Å²) in [6.45, 7) is 0. The lowest BCUT2D eigenvalue weighted by Gasteiger charge is -2.16. The Labute approximate surface area is 161 Å². The van der Waals surface area contributed by atoms with Gasteiger partial charge in [-0.25, -0.2) is 0 Å². The van der Waals surface area contributed by atoms with E-state index in [0.717, 1.165) is 5.56 Å². The van der Waals surface area contributed by atoms with Crippen LogP contribution in [0.1, 0.15) is 12.0 Å². The van der Waals surface area contributed by atoms with Gasteiger partial charge in [0.15, 0.2) is 11.5 Å². The van der Waals surface area contributed by atoms with Gasteiger partial charge in [0.25, 0.3) is 5.76 Å². The van der Waals surface area contributed by atoms with Crippen LogP contribution in [0.4, 0.5) is 14.5 Å². The Hall–Kier alpha value is -2.48. The number of halogens is 2. The summed E-state index contributed by atoms with van der Waals surface area (Å²) < 4.78 is 41.2. The summed E-state index contributed by atoms with van der Waals surface area (Å²) in [6, 6.07) is 10.0. The lowest BCUT2D eigenvalue weighted by Crippen LogP contribution is -2.13. The molecule has 0 fully saturated rings. The van der Waals surface area contributed by atoms with E-state index in [1.165, 1.54) is 21.3 Å². The van der Waals surface area contributed by atoms with Gasteiger partial charge in [0.1, 0.15) is 0 Å². The molecule has 0 aliphatic heterocycles. The first-order chi connectivity index (χ1) is 13.0. The third-order valence-electron chi connectivity index (χ3n) is 3.78. The number of amides is 1. The Bertz CT molecular complexity index is 786. The molecule has 0 atom stereocenters. The van der Waals surface area contributed by atoms with Crippen LogP contribution in [0.5, 0.6) is 17.2 Å². The lowest BCUT2D eigenvalue weighted by molar-refractivity contribution is -0.116. The predicted molar refractivity (Wildman–Crippen MR) is 101 cm³/mol. The van der Waals surface area contributed by atoms with Crippen LogP contribution in [0.25, 0.3) is 0 Å². The molecule has 0 unspecified atom stereocenters. The normalized spacial score (nSPS) is 10.6. The van der Waals surface area contributed by atoms with Crippen molar-refractivity contribution >= 4 is 23.4 Å². The van der Waals surface area contributed by atoms with Crippen molar-refractivity contribution in [2.24, 2.45) is 0 Å². The molecule has 2 rings (SSSR count). The van der Waals surface area contributed by atoms with E-state index in [9.17, 15) is 13.6 Å². The number of nitrogens with one attached hydrogen (secondary N) is 1. The number of hydrogen-bond acceptors (Lipinski definition) is 5. The summed E-state index contributed by atoms with van der Waals surface area (Å²) in [4.78, 5) is 12.6. The van der Waals surface area contributed by atoms with E-state index in [-0.39, 0.29) is 12.3 Å². The zero-order valence-electron chi connectivity index (χ0n) is 15.3. The fourth-order valence-electron chi connectivity index (χ4n) is 2.59. The van der Waals surface area contributed by atoms with Crippen molar-refractivity contribution in [3.8, 4) is 17.2 Å². The number of thioether (sulfide) groups is 1. The number of ether oxygens (including phenoxy) is 3. The molecule has 2 aromatic carbocycles. The van der Waals surface area contributed by atoms with Gasteiger partial charge in [0, 0.05) is 11.3 Å². The zero-order chi connectivity index (χ0) is 19.8. The van der Waals surface area contributed by atoms with E-state index < -0.39 is 5.76 Å². The Morgan fingerprint density at radius 1 is 1.04 bits per heavy atom. The molecule has 0 radical (unpaired) electrons. The van der Waals surface area contributed by atoms with Crippen molar-refractivity contribution in [2.75, 3.05) is 26.6 Å². The van der Waals surface area contributed by atoms with Gasteiger partial charge >= 0.3 is 0 Å². The van der Waals surface area contributed by atoms with Gasteiger partial charge in [0.2, 0.25) is 11.7 Å². The molecule has 0 heterocycles. The van der Waals surface area contributed by atoms with E-state index >= 15 is 0 Å². The van der Waals surface area contributed by atoms with Gasteiger partial charge in [-0.05, 0) is 30.2 Å². The Morgan fingerprint density at radius 3 is 2.37 bits per heavy atom. The molecule has 146 valence electrons. The molecule has 0 saturated heterocycles. The maximum atomic E-state index is 12.6. The number of methoxy groups -OCH3 is 3. The van der Waals surface area contributed by atoms with E-state index in [1.807, 2.05) is 0 Å². The molecule has 5 nitrogen and oxygen atoms in total. The van der Waals surface area contributed by atoms with Crippen LogP contribution in [-0.2, 0) is 11.2 Å². The molecule has 1 N–H and O–H groups in total. The van der Waals surface area contributed by atoms with Gasteiger partial charge in [-0.3, -0.25) is 4.79 Å². The van der Waals surface area contributed by atoms with E-state index in [4.69, 9.17) is 14.2 Å². The second kappa shape index (κ2) is 10.0. The number of aryl methyl sites for hydroxylation is 1. The largest absolute Gasteiger partial charge is 0.493 e. The number of carbonyl (C=O) groups excluding carboxylic acids is 1. The summed E-state index contributed by atoms with van der Waals surface area (Å²) in [5, 5.41) is 2.68. The summed E-state index contributed by atoms with van der Waals surface area (Å²) in [5.74, 6) is -1.36. The van der Waals surface area contributed by atoms with Crippen LogP contribution in [0.15, 0.2) is 41.3 Å². The quantitative estimate of drug-likeness (QED) is 0.627. The number of para-hydroxylation sites is 1. The number of rotatable bonds is 9. The second-order valence-corrected chi connectivity index (χ2v) is 6.45. The van der Waals surface area contributed by atoms with Crippen LogP contribution in [-0.4, -0.2) is 33.0 Å². The second-order valence-electron chi connectivity index (χ2n) is 5.42. The Balaban J connectivity index is 2.08. The molecule has 2 aromatic rings. The summed E-state index contributed by atoms with van der Waals surface area (Å²) in [5.41, 5.74) is 1.15. The van der Waals surface area contributed by atoms with Crippen molar-refractivity contribution in [3.63, 3.8) is 0 Å². The maximum absolute atomic E-state index is 12.6. The first-order valence-electron chi connectivity index (χ1n) is 8.11. The lowest BCUT2D eigenvalue weighted by atomic mass is 10.1. The first kappa shape index (κ1) is 20.8. The molecule has 0 spiro atoms. The highest BCUT2D eigenvalue weighted by atomic mass is 32.2. The Morgan fingerprint density at radius 2 is 1.74 bits per heavy atom. The van der Waals surface area contributed by atoms with Gasteiger partial charge in [-0.1, -0.05) is 30.0 Å². The number of alkyl halides is 2. The molecule has 27 heavy (non-hydrogen) atoms. The minimum atomic E-state index is -2.56. The molecule has 0 saturated carbocycles. The fraction of sp³-hybridized carbons (Fsp3) is 0.316. The van der Waals surface area contributed by atoms with Crippen LogP contribution in [0.3, 0.4) is 0 Å². The zero-order valence-corrected chi connectivity index (χ0v) is 16.1. The standard InChI is InChI=1S/C19H21F2NO4S/c1-24-14-10-8-12(17(25-2)18(14)26-3)9-11-16(23)22-13-6-4-5-7-15(13)27-19(20)21/h4-8,10,19H,9,11H2,1-3H3,(H,22,23). The van der Waals surface area contributed by atoms with Crippen molar-refractivity contribution in [1.29, 1.82) is 0 Å². The number of benzene rings is 2. The third kappa shape index (κ3) is 5.50. The van der Waals surface area contributed by atoms with Gasteiger partial charge < -0.3 is 19.5 Å². The highest BCUT2D eigenvalue weighted by Crippen LogP contribution is 2.40. The van der Waals surface area contributed by atoms with E-state index in [0.29, 0.717) is 46.0 Å². The fourth-order valence-corrected chi connectivity index (χ4v) is 3.18. The van der Waals surface area contributed by atoms with Gasteiger partial charge in [-0.2, -0.15) is 8.78 Å². The van der Waals surface area contributed by atoms with Crippen molar-refractivity contribution in [2.45, 2.75) is 23.5 Å². The smallest absolute Gasteiger partial charge is 0.288 e. The van der Waals surface area contributed by atoms with Gasteiger partial charge in [-0.15, -0.1) is 0 Å². The summed E-state index contributed by atoms with van der Waals surface area (Å²) in [6.07, 6.45) is 0.541. The molecular formula is C19H21F2NO4S. The number of hydrogen-bond donors (Lipinski definition) is 1. The molecule has 0 aliphatic carbocycles. The average molecular weight is 397 g/mol. The predicted octanol–water partition coefficient (Wildman–Crippen LogP) is 4.60. The average Bonchev–Trinajstić information content (AvgIpc) is 2.66. The maximum Gasteiger partial charge on any atom is 0.288 e. The van der Waals surface area contributed by atoms with E-state index in [2.05, 4.69) is 5.32 Å². The first-order valence-corrected chi connectivity index (χ1v) is 8.99. The molecule has 0 bridgehead atoms.